The van der Waals surface area contributed by atoms with Crippen LogP contribution in [-0.2, 0) is 0 Å². The van der Waals surface area contributed by atoms with Crippen molar-refractivity contribution in [3.63, 3.8) is 0 Å². The highest BCUT2D eigenvalue weighted by atomic mass is 14.7. The van der Waals surface area contributed by atoms with Crippen LogP contribution in [0.5, 0.6) is 0 Å². The quantitative estimate of drug-likeness (QED) is 0.661. The van der Waals surface area contributed by atoms with Crippen LogP contribution >= 0.6 is 0 Å². The Balaban J connectivity index is 3.32. The number of nitrogens with zero attached hydrogens (tertiary/aromatic N) is 1. The Morgan fingerprint density at radius 3 is 2.55 bits per heavy atom. The van der Waals surface area contributed by atoms with Gasteiger partial charge in [-0.1, -0.05) is 6.58 Å². The van der Waals surface area contributed by atoms with E-state index in [4.69, 9.17) is 5.73 Å². The van der Waals surface area contributed by atoms with Gasteiger partial charge in [0.15, 0.2) is 0 Å². The maximum absolute atomic E-state index is 5.70. The van der Waals surface area contributed by atoms with E-state index >= 15 is 0 Å². The summed E-state index contributed by atoms with van der Waals surface area (Å²) >= 11 is 0. The van der Waals surface area contributed by atoms with Crippen LogP contribution in [0.15, 0.2) is 19.0 Å². The first-order valence-electron chi connectivity index (χ1n) is 3.49. The summed E-state index contributed by atoms with van der Waals surface area (Å²) in [6, 6.07) is 0. The van der Waals surface area contributed by atoms with Crippen molar-refractivity contribution in [1.29, 1.82) is 0 Å². The second kappa shape index (κ2) is 2.74. The largest absolute Gasteiger partial charge is 0.397 e. The molecule has 0 unspecified atom stereocenters. The highest BCUT2D eigenvalue weighted by molar-refractivity contribution is 5.73. The normalized spacial score (nSPS) is 9.64. The topological polar surface area (TPSA) is 38.9 Å². The Morgan fingerprint density at radius 1 is 1.55 bits per heavy atom. The molecule has 0 saturated carbocycles. The summed E-state index contributed by atoms with van der Waals surface area (Å²) in [5.74, 6) is 0. The molecule has 11 heavy (non-hydrogen) atoms. The number of aromatic nitrogens is 1. The molecular formula is C9H12N2. The molecule has 2 nitrogen and oxygen atoms in total. The van der Waals surface area contributed by atoms with Gasteiger partial charge in [0.25, 0.3) is 0 Å². The maximum atomic E-state index is 5.70. The predicted molar refractivity (Wildman–Crippen MR) is 48.1 cm³/mol. The van der Waals surface area contributed by atoms with Crippen molar-refractivity contribution in [1.82, 2.24) is 4.98 Å². The number of pyridine rings is 1. The Kier molecular flexibility index (Phi) is 1.94. The van der Waals surface area contributed by atoms with Gasteiger partial charge in [0.05, 0.1) is 11.9 Å². The molecule has 0 aliphatic carbocycles. The third-order valence-corrected chi connectivity index (χ3v) is 1.59. The number of hydrogen-bond acceptors (Lipinski definition) is 2. The molecule has 1 rings (SSSR count). The summed E-state index contributed by atoms with van der Waals surface area (Å²) in [5, 5.41) is 0. The Labute approximate surface area is 66.8 Å². The van der Waals surface area contributed by atoms with Crippen LogP contribution < -0.4 is 5.73 Å². The summed E-state index contributed by atoms with van der Waals surface area (Å²) in [4.78, 5) is 3.96. The van der Waals surface area contributed by atoms with Crippen molar-refractivity contribution in [3.05, 3.63) is 30.1 Å². The molecule has 58 valence electrons. The van der Waals surface area contributed by atoms with Crippen LogP contribution in [0, 0.1) is 6.92 Å². The minimum atomic E-state index is 0.706. The summed E-state index contributed by atoms with van der Waals surface area (Å²) in [5.41, 5.74) is 9.50. The van der Waals surface area contributed by atoms with Crippen molar-refractivity contribution < 1.29 is 0 Å². The van der Waals surface area contributed by atoms with Gasteiger partial charge in [0.1, 0.15) is 0 Å². The van der Waals surface area contributed by atoms with Crippen molar-refractivity contribution in [2.75, 3.05) is 5.73 Å². The fraction of sp³-hybridized carbons (Fsp3) is 0.222. The van der Waals surface area contributed by atoms with E-state index in [2.05, 4.69) is 11.6 Å². The molecule has 0 spiro atoms. The Morgan fingerprint density at radius 2 is 2.18 bits per heavy atom. The third kappa shape index (κ3) is 1.40. The van der Waals surface area contributed by atoms with Crippen LogP contribution in [0.3, 0.4) is 0 Å². The molecule has 0 aliphatic rings. The first-order chi connectivity index (χ1) is 5.13. The van der Waals surface area contributed by atoms with Gasteiger partial charge < -0.3 is 5.73 Å². The van der Waals surface area contributed by atoms with Crippen molar-refractivity contribution in [2.24, 2.45) is 0 Å². The molecule has 1 heterocycles. The minimum absolute atomic E-state index is 0.706. The van der Waals surface area contributed by atoms with Gasteiger partial charge in [-0.05, 0) is 25.0 Å². The lowest BCUT2D eigenvalue weighted by Crippen LogP contribution is -1.95. The van der Waals surface area contributed by atoms with Gasteiger partial charge in [0, 0.05) is 11.8 Å². The summed E-state index contributed by atoms with van der Waals surface area (Å²) in [6.45, 7) is 7.76. The highest BCUT2D eigenvalue weighted by Gasteiger charge is 2.02. The molecule has 0 aromatic carbocycles. The standard InChI is InChI=1S/C9H12N2/c1-6(2)9-7(3)4-11-5-8(9)10/h4-5H,1,10H2,2-3H3. The fourth-order valence-electron chi connectivity index (χ4n) is 1.17. The zero-order chi connectivity index (χ0) is 8.43. The number of rotatable bonds is 1. The predicted octanol–water partition coefficient (Wildman–Crippen LogP) is 2.01. The van der Waals surface area contributed by atoms with E-state index in [1.165, 1.54) is 0 Å². The monoisotopic (exact) mass is 148 g/mol. The van der Waals surface area contributed by atoms with Crippen LogP contribution in [0.4, 0.5) is 5.69 Å². The molecule has 2 N–H and O–H groups in total. The molecule has 1 aromatic heterocycles. The van der Waals surface area contributed by atoms with E-state index in [0.717, 1.165) is 16.7 Å². The van der Waals surface area contributed by atoms with Gasteiger partial charge in [-0.3, -0.25) is 4.98 Å². The average Bonchev–Trinajstić information content (AvgIpc) is 1.85. The smallest absolute Gasteiger partial charge is 0.0579 e. The number of anilines is 1. The SMILES string of the molecule is C=C(C)c1c(C)cncc1N. The Hall–Kier alpha value is -1.31. The van der Waals surface area contributed by atoms with E-state index in [9.17, 15) is 0 Å². The molecule has 0 saturated heterocycles. The fourth-order valence-corrected chi connectivity index (χ4v) is 1.17. The number of aryl methyl sites for hydroxylation is 1. The van der Waals surface area contributed by atoms with E-state index in [1.54, 1.807) is 12.4 Å². The average molecular weight is 148 g/mol. The maximum Gasteiger partial charge on any atom is 0.0579 e. The molecule has 0 bridgehead atoms. The van der Waals surface area contributed by atoms with Gasteiger partial charge in [-0.25, -0.2) is 0 Å². The van der Waals surface area contributed by atoms with Crippen molar-refractivity contribution >= 4 is 11.3 Å². The molecule has 0 radical (unpaired) electrons. The van der Waals surface area contributed by atoms with Crippen LogP contribution in [0.25, 0.3) is 5.57 Å². The minimum Gasteiger partial charge on any atom is -0.397 e. The van der Waals surface area contributed by atoms with Crippen LogP contribution in [0.2, 0.25) is 0 Å². The van der Waals surface area contributed by atoms with Crippen LogP contribution in [-0.4, -0.2) is 4.98 Å². The number of nitrogen functional groups attached to an aromatic ring is 1. The zero-order valence-corrected chi connectivity index (χ0v) is 6.89. The van der Waals surface area contributed by atoms with Gasteiger partial charge in [0.2, 0.25) is 0 Å². The van der Waals surface area contributed by atoms with E-state index in [1.807, 2.05) is 13.8 Å². The summed E-state index contributed by atoms with van der Waals surface area (Å²) < 4.78 is 0. The molecule has 1 aromatic rings. The first kappa shape index (κ1) is 7.79. The molecule has 0 fully saturated rings. The molecule has 2 heteroatoms. The van der Waals surface area contributed by atoms with Crippen molar-refractivity contribution in [3.8, 4) is 0 Å². The molecule has 0 amide bonds. The van der Waals surface area contributed by atoms with Gasteiger partial charge in [-0.15, -0.1) is 0 Å². The lowest BCUT2D eigenvalue weighted by molar-refractivity contribution is 1.25. The van der Waals surface area contributed by atoms with E-state index in [0.29, 0.717) is 5.69 Å². The molecular weight excluding hydrogens is 136 g/mol. The van der Waals surface area contributed by atoms with Gasteiger partial charge in [-0.2, -0.15) is 0 Å². The summed E-state index contributed by atoms with van der Waals surface area (Å²) in [7, 11) is 0. The second-order valence-electron chi connectivity index (χ2n) is 2.70. The molecule has 0 atom stereocenters. The highest BCUT2D eigenvalue weighted by Crippen LogP contribution is 2.21. The second-order valence-corrected chi connectivity index (χ2v) is 2.70. The van der Waals surface area contributed by atoms with Crippen LogP contribution in [0.1, 0.15) is 18.1 Å². The number of hydrogen-bond donors (Lipinski definition) is 1. The van der Waals surface area contributed by atoms with Gasteiger partial charge >= 0.3 is 0 Å². The first-order valence-corrected chi connectivity index (χ1v) is 3.49. The number of allylic oxidation sites excluding steroid dienone is 1. The van der Waals surface area contributed by atoms with E-state index < -0.39 is 0 Å². The Bertz CT molecular complexity index is 269. The third-order valence-electron chi connectivity index (χ3n) is 1.59. The number of nitrogens with two attached hydrogens (primary N) is 1. The molecule has 0 aliphatic heterocycles. The lowest BCUT2D eigenvalue weighted by Gasteiger charge is -2.06. The van der Waals surface area contributed by atoms with E-state index in [-0.39, 0.29) is 0 Å². The van der Waals surface area contributed by atoms with Crippen molar-refractivity contribution in [2.45, 2.75) is 13.8 Å². The summed E-state index contributed by atoms with van der Waals surface area (Å²) in [6.07, 6.45) is 3.44. The zero-order valence-electron chi connectivity index (χ0n) is 6.89. The lowest BCUT2D eigenvalue weighted by atomic mass is 10.0.